The molecule has 2 aromatic carbocycles. The Morgan fingerprint density at radius 3 is 2.46 bits per heavy atom. The summed E-state index contributed by atoms with van der Waals surface area (Å²) in [6.07, 6.45) is 0. The minimum Gasteiger partial charge on any atom is -0.608 e. The van der Waals surface area contributed by atoms with Crippen LogP contribution in [0.5, 0.6) is 5.75 Å². The van der Waals surface area contributed by atoms with Gasteiger partial charge in [-0.1, -0.05) is 48.5 Å². The molecule has 24 heavy (non-hydrogen) atoms. The van der Waals surface area contributed by atoms with Crippen LogP contribution in [0.25, 0.3) is 0 Å². The minimum absolute atomic E-state index is 0.0381. The number of methoxy groups -OCH3 is 1. The van der Waals surface area contributed by atoms with E-state index < -0.39 is 20.1 Å². The second-order valence-corrected chi connectivity index (χ2v) is 7.18. The summed E-state index contributed by atoms with van der Waals surface area (Å²) in [4.78, 5) is 25.3. The molecule has 1 aliphatic heterocycles. The van der Waals surface area contributed by atoms with Crippen LogP contribution in [0, 0.1) is 0 Å². The molecule has 0 N–H and O–H groups in total. The van der Waals surface area contributed by atoms with E-state index in [-0.39, 0.29) is 13.2 Å². The van der Waals surface area contributed by atoms with Crippen LogP contribution in [0.1, 0.15) is 5.56 Å². The molecule has 0 aliphatic carbocycles. The Morgan fingerprint density at radius 2 is 1.83 bits per heavy atom. The summed E-state index contributed by atoms with van der Waals surface area (Å²) in [5.41, 5.74) is 0.897. The van der Waals surface area contributed by atoms with Crippen molar-refractivity contribution in [2.75, 3.05) is 13.7 Å². The second kappa shape index (κ2) is 7.28. The van der Waals surface area contributed by atoms with Gasteiger partial charge in [0.05, 0.1) is 13.7 Å². The molecular formula is C17H18NO5P. The molecule has 1 heterocycles. The van der Waals surface area contributed by atoms with Gasteiger partial charge in [0.25, 0.3) is 0 Å². The van der Waals surface area contributed by atoms with Gasteiger partial charge in [-0.05, 0) is 17.7 Å². The zero-order valence-electron chi connectivity index (χ0n) is 13.2. The fourth-order valence-electron chi connectivity index (χ4n) is 2.48. The molecule has 0 amide bonds. The van der Waals surface area contributed by atoms with Gasteiger partial charge in [0.15, 0.2) is 11.8 Å². The molecule has 2 atom stereocenters. The summed E-state index contributed by atoms with van der Waals surface area (Å²) in [6.45, 7) is 0.217. The van der Waals surface area contributed by atoms with Gasteiger partial charge in [0, 0.05) is 0 Å². The maximum atomic E-state index is 13.2. The second-order valence-electron chi connectivity index (χ2n) is 5.29. The molecule has 1 fully saturated rings. The van der Waals surface area contributed by atoms with E-state index in [0.29, 0.717) is 5.75 Å². The molecule has 2 aromatic rings. The monoisotopic (exact) mass is 347 g/mol. The van der Waals surface area contributed by atoms with Gasteiger partial charge >= 0.3 is 14.1 Å². The first kappa shape index (κ1) is 16.9. The Balaban J connectivity index is 1.87. The number of rotatable bonds is 5. The normalized spacial score (nSPS) is 23.8. The van der Waals surface area contributed by atoms with Crippen molar-refractivity contribution in [3.8, 4) is 5.75 Å². The lowest BCUT2D eigenvalue weighted by Crippen LogP contribution is -2.40. The maximum absolute atomic E-state index is 13.2. The summed E-state index contributed by atoms with van der Waals surface area (Å²) in [5, 5.41) is 0. The van der Waals surface area contributed by atoms with Gasteiger partial charge in [-0.15, -0.1) is 4.67 Å². The van der Waals surface area contributed by atoms with Crippen molar-refractivity contribution >= 4 is 14.1 Å². The summed E-state index contributed by atoms with van der Waals surface area (Å²) >= 11 is 0. The van der Waals surface area contributed by atoms with Crippen molar-refractivity contribution < 1.29 is 23.5 Å². The third-order valence-electron chi connectivity index (χ3n) is 3.69. The quantitative estimate of drug-likeness (QED) is 0.610. The summed E-state index contributed by atoms with van der Waals surface area (Å²) < 4.78 is 17.3. The number of esters is 1. The van der Waals surface area contributed by atoms with Gasteiger partial charge in [-0.25, -0.2) is 0 Å². The van der Waals surface area contributed by atoms with E-state index >= 15 is 0 Å². The molecule has 1 saturated heterocycles. The highest BCUT2D eigenvalue weighted by atomic mass is 31.2. The van der Waals surface area contributed by atoms with E-state index in [0.717, 1.165) is 5.56 Å². The van der Waals surface area contributed by atoms with Crippen LogP contribution in [-0.4, -0.2) is 30.4 Å². The van der Waals surface area contributed by atoms with E-state index in [1.807, 2.05) is 36.4 Å². The maximum Gasteiger partial charge on any atom is 0.366 e. The number of hydrogen-bond donors (Lipinski definition) is 0. The Kier molecular flexibility index (Phi) is 5.11. The Labute approximate surface area is 141 Å². The number of hydrogen-bond acceptors (Lipinski definition) is 6. The molecule has 0 spiro atoms. The van der Waals surface area contributed by atoms with E-state index in [1.165, 1.54) is 11.8 Å². The van der Waals surface area contributed by atoms with Crippen molar-refractivity contribution in [2.45, 2.75) is 12.6 Å². The zero-order chi connectivity index (χ0) is 17.0. The fraction of sp³-hybridized carbons (Fsp3) is 0.235. The number of nitrogens with zero attached hydrogens (tertiary/aromatic N) is 1. The highest BCUT2D eigenvalue weighted by Crippen LogP contribution is 2.61. The molecular weight excluding hydrogens is 329 g/mol. The van der Waals surface area contributed by atoms with E-state index in [1.54, 1.807) is 24.3 Å². The Bertz CT molecular complexity index is 684. The van der Waals surface area contributed by atoms with Crippen LogP contribution in [0.3, 0.4) is 0 Å². The lowest BCUT2D eigenvalue weighted by atomic mass is 10.2. The minimum atomic E-state index is -3.66. The summed E-state index contributed by atoms with van der Waals surface area (Å²) in [7, 11) is -2.36. The van der Waals surface area contributed by atoms with Crippen LogP contribution in [-0.2, 0) is 20.6 Å². The van der Waals surface area contributed by atoms with Crippen LogP contribution in [0.15, 0.2) is 60.7 Å². The largest absolute Gasteiger partial charge is 0.608 e. The fourth-order valence-corrected chi connectivity index (χ4v) is 4.34. The number of benzene rings is 2. The van der Waals surface area contributed by atoms with Crippen molar-refractivity contribution in [2.24, 2.45) is 0 Å². The van der Waals surface area contributed by atoms with Gasteiger partial charge in [-0.2, -0.15) is 4.52 Å². The Morgan fingerprint density at radius 1 is 1.21 bits per heavy atom. The van der Waals surface area contributed by atoms with Crippen molar-refractivity contribution in [3.63, 3.8) is 0 Å². The van der Waals surface area contributed by atoms with Crippen molar-refractivity contribution in [3.05, 3.63) is 66.2 Å². The van der Waals surface area contributed by atoms with Crippen LogP contribution < -0.4 is 9.42 Å². The van der Waals surface area contributed by atoms with Gasteiger partial charge in [0.1, 0.15) is 6.61 Å². The van der Waals surface area contributed by atoms with E-state index in [4.69, 9.17) is 13.8 Å². The molecule has 0 aromatic heterocycles. The average Bonchev–Trinajstić information content (AvgIpc) is 2.92. The molecule has 0 bridgehead atoms. The third kappa shape index (κ3) is 3.57. The van der Waals surface area contributed by atoms with Crippen LogP contribution in [0.4, 0.5) is 0 Å². The summed E-state index contributed by atoms with van der Waals surface area (Å²) in [5.74, 6) is -0.0790. The molecule has 7 heteroatoms. The smallest absolute Gasteiger partial charge is 0.366 e. The van der Waals surface area contributed by atoms with Gasteiger partial charge in [0.2, 0.25) is 0 Å². The molecule has 1 unspecified atom stereocenters. The lowest BCUT2D eigenvalue weighted by molar-refractivity contribution is -0.219. The first-order valence-corrected chi connectivity index (χ1v) is 9.00. The van der Waals surface area contributed by atoms with Gasteiger partial charge < -0.3 is 14.2 Å². The van der Waals surface area contributed by atoms with Crippen molar-refractivity contribution in [1.29, 1.82) is 0 Å². The van der Waals surface area contributed by atoms with Crippen LogP contribution >= 0.6 is 8.09 Å². The zero-order valence-corrected chi connectivity index (χ0v) is 14.1. The van der Waals surface area contributed by atoms with Crippen molar-refractivity contribution in [1.82, 2.24) is 4.67 Å². The van der Waals surface area contributed by atoms with Gasteiger partial charge in [-0.3, -0.25) is 4.79 Å². The number of carbonyl (C=O) groups is 1. The standard InChI is InChI=1S/C17H18NO5P/c1-21-17(19)16-13-22-24(20,23-15-10-6-3-7-11-15)18(16)12-14-8-4-2-5-9-14/h2-11,16H,12-13H2,1H3/t16-,24?/m1/s1. The molecule has 6 nitrogen and oxygen atoms in total. The number of ether oxygens (including phenoxy) is 1. The number of carbonyl (C=O) groups excluding carboxylic acids is 1. The number of para-hydroxylation sites is 1. The topological polar surface area (TPSA) is 71.1 Å². The average molecular weight is 347 g/mol. The third-order valence-corrected chi connectivity index (χ3v) is 5.66. The summed E-state index contributed by atoms with van der Waals surface area (Å²) in [6, 6.07) is 17.4. The predicted octanol–water partition coefficient (Wildman–Crippen LogP) is 2.18. The van der Waals surface area contributed by atoms with E-state index in [2.05, 4.69) is 0 Å². The molecule has 0 saturated carbocycles. The van der Waals surface area contributed by atoms with E-state index in [9.17, 15) is 9.69 Å². The molecule has 3 rings (SSSR count). The highest BCUT2D eigenvalue weighted by Gasteiger charge is 2.55. The first-order chi connectivity index (χ1) is 11.6. The molecule has 1 aliphatic rings. The SMILES string of the molecule is COC(=O)[C@H]1CO[P+]([O-])(Oc2ccccc2)N1Cc1ccccc1. The highest BCUT2D eigenvalue weighted by molar-refractivity contribution is 7.57. The van der Waals surface area contributed by atoms with Crippen LogP contribution in [0.2, 0.25) is 0 Å². The first-order valence-electron chi connectivity index (χ1n) is 7.50. The predicted molar refractivity (Wildman–Crippen MR) is 87.7 cm³/mol. The molecule has 0 radical (unpaired) electrons. The lowest BCUT2D eigenvalue weighted by Gasteiger charge is -2.30. The Hall–Kier alpha value is -1.98. The molecule has 126 valence electrons.